The zero-order valence-electron chi connectivity index (χ0n) is 14.6. The molecule has 2 saturated heterocycles. The van der Waals surface area contributed by atoms with E-state index in [1.165, 1.54) is 51.9 Å². The molecular formula is C16H32N2O6. The van der Waals surface area contributed by atoms with Gasteiger partial charge in [0.1, 0.15) is 12.2 Å². The van der Waals surface area contributed by atoms with Crippen LogP contribution in [0.15, 0.2) is 0 Å². The van der Waals surface area contributed by atoms with Crippen LogP contribution in [-0.2, 0) is 9.59 Å². The van der Waals surface area contributed by atoms with Gasteiger partial charge in [-0.05, 0) is 25.7 Å². The van der Waals surface area contributed by atoms with Crippen molar-refractivity contribution in [3.63, 3.8) is 0 Å². The molecule has 2 fully saturated rings. The monoisotopic (exact) mass is 348 g/mol. The van der Waals surface area contributed by atoms with Crippen LogP contribution >= 0.6 is 0 Å². The maximum atomic E-state index is 9.63. The van der Waals surface area contributed by atoms with Crippen LogP contribution in [0.3, 0.4) is 0 Å². The maximum absolute atomic E-state index is 9.63. The number of carboxylic acids is 2. The van der Waals surface area contributed by atoms with Crippen LogP contribution in [0.4, 0.5) is 0 Å². The molecule has 2 aliphatic heterocycles. The average molecular weight is 348 g/mol. The molecule has 2 heterocycles. The zero-order valence-corrected chi connectivity index (χ0v) is 14.6. The van der Waals surface area contributed by atoms with Gasteiger partial charge in [0.15, 0.2) is 0 Å². The summed E-state index contributed by atoms with van der Waals surface area (Å²) in [5.74, 6) is -2.16. The number of rotatable bonds is 3. The van der Waals surface area contributed by atoms with Gasteiger partial charge < -0.3 is 40.6 Å². The van der Waals surface area contributed by atoms with E-state index in [0.717, 1.165) is 11.8 Å². The standard InChI is InChI=1S/2C6H13N.C4H6O6/c2*1-6-3-2-4-7-5-6;5-1(3(7)8)2(6)4(9)10/h2*6-7H,2-5H2,1H3;1-2,5-6H,(H,7,8)(H,9,10)/t2*6-;1-,2-/m111/s1. The lowest BCUT2D eigenvalue weighted by atomic mass is 10.0. The van der Waals surface area contributed by atoms with Crippen molar-refractivity contribution in [1.82, 2.24) is 0 Å². The molecule has 0 saturated carbocycles. The molecule has 0 amide bonds. The maximum Gasteiger partial charge on any atom is 0.124 e. The van der Waals surface area contributed by atoms with Crippen LogP contribution in [-0.4, -0.2) is 60.5 Å². The smallest absolute Gasteiger partial charge is 0.124 e. The van der Waals surface area contributed by atoms with E-state index in [2.05, 4.69) is 24.5 Å². The van der Waals surface area contributed by atoms with Gasteiger partial charge in [-0.25, -0.2) is 0 Å². The average Bonchev–Trinajstić information content (AvgIpc) is 2.56. The molecule has 0 aromatic carbocycles. The summed E-state index contributed by atoms with van der Waals surface area (Å²) in [7, 11) is 0. The summed E-state index contributed by atoms with van der Waals surface area (Å²) in [6.07, 6.45) is 0.894. The van der Waals surface area contributed by atoms with E-state index in [1.54, 1.807) is 0 Å². The number of hydrogen-bond donors (Lipinski definition) is 4. The second-order valence-corrected chi connectivity index (χ2v) is 6.65. The van der Waals surface area contributed by atoms with Crippen LogP contribution in [0, 0.1) is 11.8 Å². The van der Waals surface area contributed by atoms with Crippen molar-refractivity contribution in [2.75, 3.05) is 26.2 Å². The Hall–Kier alpha value is -1.22. The number of carbonyl (C=O) groups excluding carboxylic acids is 2. The highest BCUT2D eigenvalue weighted by molar-refractivity contribution is 5.80. The van der Waals surface area contributed by atoms with Gasteiger partial charge in [0.25, 0.3) is 0 Å². The lowest BCUT2D eigenvalue weighted by Gasteiger charge is -2.18. The topological polar surface area (TPSA) is 154 Å². The molecule has 0 bridgehead atoms. The van der Waals surface area contributed by atoms with Crippen LogP contribution in [0.1, 0.15) is 39.5 Å². The Morgan fingerprint density at radius 2 is 1.21 bits per heavy atom. The van der Waals surface area contributed by atoms with E-state index in [-0.39, 0.29) is 0 Å². The third-order valence-corrected chi connectivity index (χ3v) is 4.13. The van der Waals surface area contributed by atoms with Crippen LogP contribution in [0.5, 0.6) is 0 Å². The molecule has 0 spiro atoms. The van der Waals surface area contributed by atoms with Crippen molar-refractivity contribution in [1.29, 1.82) is 0 Å². The molecule has 0 aromatic heterocycles. The molecule has 8 heteroatoms. The fourth-order valence-electron chi connectivity index (χ4n) is 2.52. The number of quaternary nitrogens is 2. The van der Waals surface area contributed by atoms with Gasteiger partial charge in [0.05, 0.1) is 38.1 Å². The predicted octanol–water partition coefficient (Wildman–Crippen LogP) is -4.83. The van der Waals surface area contributed by atoms with Gasteiger partial charge in [0, 0.05) is 11.8 Å². The summed E-state index contributed by atoms with van der Waals surface area (Å²) in [4.78, 5) is 19.3. The highest BCUT2D eigenvalue weighted by atomic mass is 16.4. The highest BCUT2D eigenvalue weighted by Crippen LogP contribution is 2.03. The van der Waals surface area contributed by atoms with Gasteiger partial charge in [-0.3, -0.25) is 0 Å². The molecule has 0 unspecified atom stereocenters. The fraction of sp³-hybridized carbons (Fsp3) is 0.875. The van der Waals surface area contributed by atoms with Crippen molar-refractivity contribution >= 4 is 11.9 Å². The number of piperidine rings is 2. The molecule has 2 rings (SSSR count). The van der Waals surface area contributed by atoms with Crippen LogP contribution < -0.4 is 20.8 Å². The van der Waals surface area contributed by atoms with E-state index in [9.17, 15) is 19.8 Å². The largest absolute Gasteiger partial charge is 0.547 e. The summed E-state index contributed by atoms with van der Waals surface area (Å²) < 4.78 is 0. The molecule has 0 aliphatic carbocycles. The van der Waals surface area contributed by atoms with E-state index in [1.807, 2.05) is 0 Å². The molecule has 6 N–H and O–H groups in total. The Labute approximate surface area is 143 Å². The highest BCUT2D eigenvalue weighted by Gasteiger charge is 2.17. The van der Waals surface area contributed by atoms with Gasteiger partial charge >= 0.3 is 0 Å². The van der Waals surface area contributed by atoms with Gasteiger partial charge in [-0.1, -0.05) is 13.8 Å². The first kappa shape index (κ1) is 22.8. The second-order valence-electron chi connectivity index (χ2n) is 6.65. The predicted molar refractivity (Wildman–Crippen MR) is 82.1 cm³/mol. The Morgan fingerprint density at radius 1 is 0.875 bits per heavy atom. The number of carbonyl (C=O) groups is 2. The number of aliphatic hydroxyl groups excluding tert-OH is 2. The normalized spacial score (nSPS) is 25.8. The number of nitrogens with two attached hydrogens (primary N) is 2. The molecule has 8 nitrogen and oxygen atoms in total. The SMILES string of the molecule is C[C@@H]1CCC[NH2+]C1.C[C@@H]1CCC[NH2+]C1.O=C([O-])[C@H](O)[C@@H](O)C(=O)[O-]. The minimum absolute atomic E-state index is 0.980. The van der Waals surface area contributed by atoms with Crippen LogP contribution in [0.25, 0.3) is 0 Å². The molecule has 142 valence electrons. The molecule has 0 aromatic rings. The number of carboxylic acid groups (broad SMARTS) is 2. The van der Waals surface area contributed by atoms with E-state index in [0.29, 0.717) is 0 Å². The number of hydrogen-bond acceptors (Lipinski definition) is 6. The van der Waals surface area contributed by atoms with Crippen molar-refractivity contribution in [3.8, 4) is 0 Å². The molecule has 4 atom stereocenters. The summed E-state index contributed by atoms with van der Waals surface area (Å²) >= 11 is 0. The number of aliphatic hydroxyl groups is 2. The first-order valence-corrected chi connectivity index (χ1v) is 8.66. The first-order chi connectivity index (χ1) is 11.3. The Bertz CT molecular complexity index is 320. The third kappa shape index (κ3) is 11.3. The summed E-state index contributed by atoms with van der Waals surface area (Å²) in [5, 5.41) is 40.6. The molecule has 0 radical (unpaired) electrons. The van der Waals surface area contributed by atoms with Crippen molar-refractivity contribution < 1.29 is 40.6 Å². The Kier molecular flexibility index (Phi) is 12.4. The minimum atomic E-state index is -2.44. The lowest BCUT2D eigenvalue weighted by molar-refractivity contribution is -0.668. The summed E-state index contributed by atoms with van der Waals surface area (Å²) in [6, 6.07) is 0. The summed E-state index contributed by atoms with van der Waals surface area (Å²) in [6.45, 7) is 10.1. The van der Waals surface area contributed by atoms with E-state index < -0.39 is 24.1 Å². The Morgan fingerprint density at radius 3 is 1.33 bits per heavy atom. The molecule has 24 heavy (non-hydrogen) atoms. The fourth-order valence-corrected chi connectivity index (χ4v) is 2.52. The van der Waals surface area contributed by atoms with Crippen LogP contribution in [0.2, 0.25) is 0 Å². The first-order valence-electron chi connectivity index (χ1n) is 8.66. The van der Waals surface area contributed by atoms with Gasteiger partial charge in [-0.2, -0.15) is 0 Å². The van der Waals surface area contributed by atoms with Crippen molar-refractivity contribution in [3.05, 3.63) is 0 Å². The Balaban J connectivity index is 0.000000337. The van der Waals surface area contributed by atoms with Crippen molar-refractivity contribution in [2.45, 2.75) is 51.7 Å². The second kappa shape index (κ2) is 13.1. The summed E-state index contributed by atoms with van der Waals surface area (Å²) in [5.41, 5.74) is 0. The number of aliphatic carboxylic acids is 2. The quantitative estimate of drug-likeness (QED) is 0.401. The van der Waals surface area contributed by atoms with Gasteiger partial charge in [-0.15, -0.1) is 0 Å². The van der Waals surface area contributed by atoms with Crippen molar-refractivity contribution in [2.24, 2.45) is 11.8 Å². The molecule has 2 aliphatic rings. The third-order valence-electron chi connectivity index (χ3n) is 4.13. The van der Waals surface area contributed by atoms with Gasteiger partial charge in [0.2, 0.25) is 0 Å². The lowest BCUT2D eigenvalue weighted by Crippen LogP contribution is -2.87. The van der Waals surface area contributed by atoms with E-state index >= 15 is 0 Å². The zero-order chi connectivity index (χ0) is 18.5. The molecular weight excluding hydrogens is 316 g/mol. The van der Waals surface area contributed by atoms with E-state index in [4.69, 9.17) is 10.2 Å². The minimum Gasteiger partial charge on any atom is -0.547 e.